The predicted molar refractivity (Wildman–Crippen MR) is 144 cm³/mol. The molecule has 2 amide bonds. The largest absolute Gasteiger partial charge is 0.494 e. The van der Waals surface area contributed by atoms with E-state index in [-0.39, 0.29) is 18.5 Å². The number of nitrogens with one attached hydrogen (secondary N) is 1. The molecular formula is C27H39N3O5S. The highest BCUT2D eigenvalue weighted by molar-refractivity contribution is 7.92. The first kappa shape index (κ1) is 29.2. The van der Waals surface area contributed by atoms with E-state index in [1.807, 2.05) is 58.9 Å². The lowest BCUT2D eigenvalue weighted by atomic mass is 10.1. The van der Waals surface area contributed by atoms with Crippen LogP contribution in [-0.2, 0) is 26.2 Å². The molecule has 0 saturated carbocycles. The first-order valence-corrected chi connectivity index (χ1v) is 14.2. The van der Waals surface area contributed by atoms with Gasteiger partial charge < -0.3 is 15.0 Å². The number of ether oxygens (including phenoxy) is 1. The molecule has 1 N–H and O–H groups in total. The third-order valence-electron chi connectivity index (χ3n) is 6.10. The van der Waals surface area contributed by atoms with E-state index < -0.39 is 28.5 Å². The maximum absolute atomic E-state index is 13.7. The standard InChI is InChI=1S/C27H39N3O5S/c1-7-21(5)28-27(32)25(8-2)29(18-22-13-11-10-12-20(22)4)26(31)19-30(36(6,33)34)23-14-16-24(17-15-23)35-9-3/h10-17,21,25H,7-9,18-19H2,1-6H3,(H,28,32)/t21-,25-/m0/s1. The average molecular weight is 518 g/mol. The highest BCUT2D eigenvalue weighted by Crippen LogP contribution is 2.23. The zero-order valence-electron chi connectivity index (χ0n) is 22.2. The van der Waals surface area contributed by atoms with Gasteiger partial charge in [-0.25, -0.2) is 8.42 Å². The summed E-state index contributed by atoms with van der Waals surface area (Å²) >= 11 is 0. The lowest BCUT2D eigenvalue weighted by molar-refractivity contribution is -0.140. The minimum atomic E-state index is -3.78. The summed E-state index contributed by atoms with van der Waals surface area (Å²) in [5.74, 6) is -0.0977. The molecule has 0 spiro atoms. The minimum absolute atomic E-state index is 0.0432. The van der Waals surface area contributed by atoms with Gasteiger partial charge in [0.05, 0.1) is 18.6 Å². The number of hydrogen-bond donors (Lipinski definition) is 1. The van der Waals surface area contributed by atoms with Crippen molar-refractivity contribution in [2.24, 2.45) is 0 Å². The van der Waals surface area contributed by atoms with Crippen LogP contribution in [0.4, 0.5) is 5.69 Å². The molecule has 0 unspecified atom stereocenters. The van der Waals surface area contributed by atoms with Gasteiger partial charge >= 0.3 is 0 Å². The number of sulfonamides is 1. The molecular weight excluding hydrogens is 478 g/mol. The third-order valence-corrected chi connectivity index (χ3v) is 7.24. The highest BCUT2D eigenvalue weighted by atomic mass is 32.2. The molecule has 36 heavy (non-hydrogen) atoms. The summed E-state index contributed by atoms with van der Waals surface area (Å²) in [5, 5.41) is 2.97. The van der Waals surface area contributed by atoms with Crippen LogP contribution < -0.4 is 14.4 Å². The van der Waals surface area contributed by atoms with Crippen LogP contribution in [-0.4, -0.2) is 56.6 Å². The Kier molecular flexibility index (Phi) is 10.8. The van der Waals surface area contributed by atoms with Crippen LogP contribution >= 0.6 is 0 Å². The molecule has 0 fully saturated rings. The number of nitrogens with zero attached hydrogens (tertiary/aromatic N) is 2. The number of aryl methyl sites for hydroxylation is 1. The predicted octanol–water partition coefficient (Wildman–Crippen LogP) is 3.88. The fourth-order valence-electron chi connectivity index (χ4n) is 3.82. The second-order valence-corrected chi connectivity index (χ2v) is 10.8. The van der Waals surface area contributed by atoms with E-state index >= 15 is 0 Å². The zero-order chi connectivity index (χ0) is 26.9. The smallest absolute Gasteiger partial charge is 0.244 e. The Morgan fingerprint density at radius 1 is 1.00 bits per heavy atom. The van der Waals surface area contributed by atoms with E-state index in [0.717, 1.165) is 28.1 Å². The molecule has 0 saturated heterocycles. The SMILES string of the molecule is CCOc1ccc(N(CC(=O)N(Cc2ccccc2C)[C@@H](CC)C(=O)N[C@@H](C)CC)S(C)(=O)=O)cc1. The van der Waals surface area contributed by atoms with Gasteiger partial charge in [0.15, 0.2) is 0 Å². The van der Waals surface area contributed by atoms with Crippen LogP contribution in [0.5, 0.6) is 5.75 Å². The van der Waals surface area contributed by atoms with Gasteiger partial charge in [-0.2, -0.15) is 0 Å². The maximum atomic E-state index is 13.7. The number of carbonyl (C=O) groups excluding carboxylic acids is 2. The van der Waals surface area contributed by atoms with Gasteiger partial charge in [-0.1, -0.05) is 38.1 Å². The number of carbonyl (C=O) groups is 2. The zero-order valence-corrected chi connectivity index (χ0v) is 23.0. The molecule has 9 heteroatoms. The van der Waals surface area contributed by atoms with Crippen molar-refractivity contribution in [1.29, 1.82) is 0 Å². The normalized spacial score (nSPS) is 12.9. The Labute approximate surface area is 215 Å². The van der Waals surface area contributed by atoms with Crippen LogP contribution in [0.15, 0.2) is 48.5 Å². The lowest BCUT2D eigenvalue weighted by Crippen LogP contribution is -2.53. The topological polar surface area (TPSA) is 96.0 Å². The molecule has 0 aliphatic carbocycles. The summed E-state index contributed by atoms with van der Waals surface area (Å²) in [6.45, 7) is 9.79. The van der Waals surface area contributed by atoms with Crippen LogP contribution in [0.2, 0.25) is 0 Å². The second-order valence-electron chi connectivity index (χ2n) is 8.89. The molecule has 198 valence electrons. The molecule has 0 heterocycles. The molecule has 0 aliphatic rings. The minimum Gasteiger partial charge on any atom is -0.494 e. The number of benzene rings is 2. The van der Waals surface area contributed by atoms with Gasteiger partial charge in [0.2, 0.25) is 21.8 Å². The van der Waals surface area contributed by atoms with Crippen molar-refractivity contribution < 1.29 is 22.7 Å². The number of amides is 2. The van der Waals surface area contributed by atoms with Crippen LogP contribution in [0.3, 0.4) is 0 Å². The first-order chi connectivity index (χ1) is 17.0. The summed E-state index contributed by atoms with van der Waals surface area (Å²) in [6.07, 6.45) is 2.21. The van der Waals surface area contributed by atoms with E-state index in [0.29, 0.717) is 24.5 Å². The monoisotopic (exact) mass is 517 g/mol. The fourth-order valence-corrected chi connectivity index (χ4v) is 4.67. The Morgan fingerprint density at radius 2 is 1.64 bits per heavy atom. The van der Waals surface area contributed by atoms with Crippen molar-refractivity contribution in [2.75, 3.05) is 23.7 Å². The van der Waals surface area contributed by atoms with Gasteiger partial charge in [0.1, 0.15) is 18.3 Å². The summed E-state index contributed by atoms with van der Waals surface area (Å²) in [4.78, 5) is 28.4. The van der Waals surface area contributed by atoms with Crippen molar-refractivity contribution >= 4 is 27.5 Å². The second kappa shape index (κ2) is 13.3. The van der Waals surface area contributed by atoms with Crippen LogP contribution in [0.25, 0.3) is 0 Å². The number of anilines is 1. The van der Waals surface area contributed by atoms with Gasteiger partial charge in [0, 0.05) is 12.6 Å². The molecule has 2 atom stereocenters. The highest BCUT2D eigenvalue weighted by Gasteiger charge is 2.32. The summed E-state index contributed by atoms with van der Waals surface area (Å²) < 4.78 is 31.9. The molecule has 0 radical (unpaired) electrons. The van der Waals surface area contributed by atoms with Gasteiger partial charge in [-0.05, 0) is 69.0 Å². The third kappa shape index (κ3) is 7.98. The number of rotatable bonds is 13. The van der Waals surface area contributed by atoms with Crippen LogP contribution in [0.1, 0.15) is 51.7 Å². The van der Waals surface area contributed by atoms with Crippen LogP contribution in [0, 0.1) is 6.92 Å². The van der Waals surface area contributed by atoms with Gasteiger partial charge in [-0.3, -0.25) is 13.9 Å². The Morgan fingerprint density at radius 3 is 2.17 bits per heavy atom. The molecule has 0 aliphatic heterocycles. The van der Waals surface area contributed by atoms with Gasteiger partial charge in [-0.15, -0.1) is 0 Å². The van der Waals surface area contributed by atoms with E-state index in [1.54, 1.807) is 24.3 Å². The molecule has 2 rings (SSSR count). The molecule has 0 bridgehead atoms. The number of hydrogen-bond acceptors (Lipinski definition) is 5. The Bertz CT molecular complexity index is 1120. The van der Waals surface area contributed by atoms with Crippen molar-refractivity contribution in [1.82, 2.24) is 10.2 Å². The van der Waals surface area contributed by atoms with Crippen molar-refractivity contribution in [3.8, 4) is 5.75 Å². The molecule has 2 aromatic rings. The summed E-state index contributed by atoms with van der Waals surface area (Å²) in [6, 6.07) is 13.4. The van der Waals surface area contributed by atoms with Crippen molar-refractivity contribution in [3.05, 3.63) is 59.7 Å². The van der Waals surface area contributed by atoms with E-state index in [9.17, 15) is 18.0 Å². The molecule has 2 aromatic carbocycles. The summed E-state index contributed by atoms with van der Waals surface area (Å²) in [5.41, 5.74) is 2.23. The maximum Gasteiger partial charge on any atom is 0.244 e. The molecule has 8 nitrogen and oxygen atoms in total. The average Bonchev–Trinajstić information content (AvgIpc) is 2.83. The Hall–Kier alpha value is -3.07. The first-order valence-electron chi connectivity index (χ1n) is 12.4. The van der Waals surface area contributed by atoms with E-state index in [1.165, 1.54) is 4.90 Å². The summed E-state index contributed by atoms with van der Waals surface area (Å²) in [7, 11) is -3.78. The Balaban J connectivity index is 2.43. The van der Waals surface area contributed by atoms with Crippen molar-refractivity contribution in [2.45, 2.75) is 66.1 Å². The lowest BCUT2D eigenvalue weighted by Gasteiger charge is -2.33. The van der Waals surface area contributed by atoms with E-state index in [2.05, 4.69) is 5.32 Å². The van der Waals surface area contributed by atoms with Crippen molar-refractivity contribution in [3.63, 3.8) is 0 Å². The fraction of sp³-hybridized carbons (Fsp3) is 0.481. The quantitative estimate of drug-likeness (QED) is 0.435. The van der Waals surface area contributed by atoms with Gasteiger partial charge in [0.25, 0.3) is 0 Å². The molecule has 0 aromatic heterocycles. The van der Waals surface area contributed by atoms with E-state index in [4.69, 9.17) is 4.74 Å².